The van der Waals surface area contributed by atoms with Gasteiger partial charge < -0.3 is 15.1 Å². The number of aryl methyl sites for hydroxylation is 1. The Bertz CT molecular complexity index is 620. The van der Waals surface area contributed by atoms with Crippen LogP contribution in [0.4, 0.5) is 0 Å². The molecular weight excluding hydrogens is 403 g/mol. The van der Waals surface area contributed by atoms with E-state index in [0.29, 0.717) is 18.4 Å². The van der Waals surface area contributed by atoms with Gasteiger partial charge in [0.2, 0.25) is 5.89 Å². The standard InChI is InChI=1S/C17H24N4O.HI/c1-12(2)9-19-17(18-4)20-10-15-11-22-16(21-15)14-7-5-13(3)6-8-14;/h5-8,11-12H,9-10H2,1-4H3,(H2,18,19,20);1H. The van der Waals surface area contributed by atoms with Crippen LogP contribution in [0.2, 0.25) is 0 Å². The normalized spacial score (nSPS) is 11.3. The van der Waals surface area contributed by atoms with Crippen LogP contribution in [0.3, 0.4) is 0 Å². The van der Waals surface area contributed by atoms with Crippen molar-refractivity contribution in [2.24, 2.45) is 10.9 Å². The summed E-state index contributed by atoms with van der Waals surface area (Å²) in [5, 5.41) is 6.50. The smallest absolute Gasteiger partial charge is 0.226 e. The minimum atomic E-state index is 0. The fraction of sp³-hybridized carbons (Fsp3) is 0.412. The topological polar surface area (TPSA) is 62.5 Å². The van der Waals surface area contributed by atoms with Gasteiger partial charge in [0.1, 0.15) is 6.26 Å². The van der Waals surface area contributed by atoms with Crippen LogP contribution in [-0.2, 0) is 6.54 Å². The van der Waals surface area contributed by atoms with Crippen molar-refractivity contribution in [1.29, 1.82) is 0 Å². The number of oxazole rings is 1. The summed E-state index contributed by atoms with van der Waals surface area (Å²) in [7, 11) is 1.76. The molecule has 23 heavy (non-hydrogen) atoms. The van der Waals surface area contributed by atoms with E-state index in [1.54, 1.807) is 13.3 Å². The Morgan fingerprint density at radius 1 is 1.22 bits per heavy atom. The molecule has 1 aromatic heterocycles. The van der Waals surface area contributed by atoms with Crippen molar-refractivity contribution >= 4 is 29.9 Å². The van der Waals surface area contributed by atoms with Gasteiger partial charge in [0.05, 0.1) is 12.2 Å². The van der Waals surface area contributed by atoms with Crippen LogP contribution in [0.1, 0.15) is 25.1 Å². The Hall–Kier alpha value is -1.57. The summed E-state index contributed by atoms with van der Waals surface area (Å²) in [4.78, 5) is 8.69. The van der Waals surface area contributed by atoms with Gasteiger partial charge in [0.15, 0.2) is 5.96 Å². The van der Waals surface area contributed by atoms with E-state index in [9.17, 15) is 0 Å². The Labute approximate surface area is 155 Å². The lowest BCUT2D eigenvalue weighted by molar-refractivity contribution is 0.571. The predicted molar refractivity (Wildman–Crippen MR) is 105 cm³/mol. The molecule has 2 aromatic rings. The van der Waals surface area contributed by atoms with Crippen molar-refractivity contribution in [2.45, 2.75) is 27.3 Å². The monoisotopic (exact) mass is 428 g/mol. The highest BCUT2D eigenvalue weighted by Crippen LogP contribution is 2.18. The van der Waals surface area contributed by atoms with Gasteiger partial charge in [0, 0.05) is 19.2 Å². The third-order valence-corrected chi connectivity index (χ3v) is 3.19. The van der Waals surface area contributed by atoms with Crippen LogP contribution in [0.25, 0.3) is 11.5 Å². The number of nitrogens with one attached hydrogen (secondary N) is 2. The highest BCUT2D eigenvalue weighted by atomic mass is 127. The molecule has 0 aliphatic rings. The number of nitrogens with zero attached hydrogens (tertiary/aromatic N) is 2. The molecule has 1 heterocycles. The number of aromatic nitrogens is 1. The number of hydrogen-bond donors (Lipinski definition) is 2. The van der Waals surface area contributed by atoms with Gasteiger partial charge in [-0.25, -0.2) is 4.98 Å². The van der Waals surface area contributed by atoms with Crippen LogP contribution in [0.15, 0.2) is 39.9 Å². The lowest BCUT2D eigenvalue weighted by Crippen LogP contribution is -2.38. The minimum absolute atomic E-state index is 0. The van der Waals surface area contributed by atoms with E-state index in [-0.39, 0.29) is 24.0 Å². The highest BCUT2D eigenvalue weighted by molar-refractivity contribution is 14.0. The number of halogens is 1. The second-order valence-electron chi connectivity index (χ2n) is 5.71. The largest absolute Gasteiger partial charge is 0.444 e. The minimum Gasteiger partial charge on any atom is -0.444 e. The van der Waals surface area contributed by atoms with Crippen LogP contribution in [0.5, 0.6) is 0 Å². The molecule has 0 amide bonds. The third kappa shape index (κ3) is 6.21. The molecule has 0 unspecified atom stereocenters. The van der Waals surface area contributed by atoms with E-state index in [1.807, 2.05) is 12.1 Å². The molecule has 0 saturated carbocycles. The van der Waals surface area contributed by atoms with E-state index in [4.69, 9.17) is 4.42 Å². The summed E-state index contributed by atoms with van der Waals surface area (Å²) < 4.78 is 5.54. The summed E-state index contributed by atoms with van der Waals surface area (Å²) >= 11 is 0. The van der Waals surface area contributed by atoms with Crippen molar-refractivity contribution in [2.75, 3.05) is 13.6 Å². The van der Waals surface area contributed by atoms with Crippen LogP contribution < -0.4 is 10.6 Å². The second-order valence-corrected chi connectivity index (χ2v) is 5.71. The van der Waals surface area contributed by atoms with Gasteiger partial charge >= 0.3 is 0 Å². The molecule has 0 fully saturated rings. The van der Waals surface area contributed by atoms with Crippen molar-refractivity contribution in [3.63, 3.8) is 0 Å². The fourth-order valence-electron chi connectivity index (χ4n) is 1.91. The number of rotatable bonds is 5. The summed E-state index contributed by atoms with van der Waals surface area (Å²) in [5.41, 5.74) is 3.06. The lowest BCUT2D eigenvalue weighted by atomic mass is 10.1. The molecule has 0 bridgehead atoms. The van der Waals surface area contributed by atoms with Gasteiger partial charge in [-0.1, -0.05) is 31.5 Å². The van der Waals surface area contributed by atoms with Gasteiger partial charge in [0.25, 0.3) is 0 Å². The number of benzene rings is 1. The van der Waals surface area contributed by atoms with Gasteiger partial charge in [-0.2, -0.15) is 0 Å². The van der Waals surface area contributed by atoms with Gasteiger partial charge in [-0.05, 0) is 25.0 Å². The molecule has 0 radical (unpaired) electrons. The number of hydrogen-bond acceptors (Lipinski definition) is 3. The fourth-order valence-corrected chi connectivity index (χ4v) is 1.91. The predicted octanol–water partition coefficient (Wildman–Crippen LogP) is 3.59. The molecule has 0 aliphatic heterocycles. The Balaban J connectivity index is 0.00000264. The van der Waals surface area contributed by atoms with Crippen molar-refractivity contribution in [3.05, 3.63) is 41.8 Å². The Morgan fingerprint density at radius 3 is 2.52 bits per heavy atom. The molecule has 2 N–H and O–H groups in total. The van der Waals surface area contributed by atoms with E-state index in [1.165, 1.54) is 5.56 Å². The molecular formula is C17H25IN4O. The molecule has 0 aliphatic carbocycles. The molecule has 2 rings (SSSR count). The van der Waals surface area contributed by atoms with Crippen LogP contribution >= 0.6 is 24.0 Å². The first-order valence-corrected chi connectivity index (χ1v) is 7.54. The maximum Gasteiger partial charge on any atom is 0.226 e. The zero-order valence-corrected chi connectivity index (χ0v) is 16.4. The molecule has 6 heteroatoms. The molecule has 1 aromatic carbocycles. The summed E-state index contributed by atoms with van der Waals surface area (Å²) in [5.74, 6) is 1.98. The van der Waals surface area contributed by atoms with E-state index >= 15 is 0 Å². The van der Waals surface area contributed by atoms with Crippen LogP contribution in [0, 0.1) is 12.8 Å². The summed E-state index contributed by atoms with van der Waals surface area (Å²) in [6, 6.07) is 8.13. The zero-order chi connectivity index (χ0) is 15.9. The first-order chi connectivity index (χ1) is 10.6. The number of guanidine groups is 1. The highest BCUT2D eigenvalue weighted by Gasteiger charge is 2.07. The quantitative estimate of drug-likeness (QED) is 0.434. The maximum atomic E-state index is 5.54. The van der Waals surface area contributed by atoms with E-state index < -0.39 is 0 Å². The Morgan fingerprint density at radius 2 is 1.91 bits per heavy atom. The average Bonchev–Trinajstić information content (AvgIpc) is 2.97. The third-order valence-electron chi connectivity index (χ3n) is 3.19. The van der Waals surface area contributed by atoms with Crippen molar-refractivity contribution in [3.8, 4) is 11.5 Å². The summed E-state index contributed by atoms with van der Waals surface area (Å²) in [6.45, 7) is 7.84. The molecule has 0 saturated heterocycles. The first-order valence-electron chi connectivity index (χ1n) is 7.54. The average molecular weight is 428 g/mol. The maximum absolute atomic E-state index is 5.54. The van der Waals surface area contributed by atoms with Crippen molar-refractivity contribution < 1.29 is 4.42 Å². The Kier molecular flexibility index (Phi) is 8.08. The van der Waals surface area contributed by atoms with Gasteiger partial charge in [-0.15, -0.1) is 24.0 Å². The van der Waals surface area contributed by atoms with Gasteiger partial charge in [-0.3, -0.25) is 4.99 Å². The zero-order valence-electron chi connectivity index (χ0n) is 14.1. The second kappa shape index (κ2) is 9.54. The lowest BCUT2D eigenvalue weighted by Gasteiger charge is -2.12. The molecule has 5 nitrogen and oxygen atoms in total. The van der Waals surface area contributed by atoms with E-state index in [2.05, 4.69) is 53.5 Å². The number of aliphatic imine (C=N–C) groups is 1. The van der Waals surface area contributed by atoms with Crippen LogP contribution in [-0.4, -0.2) is 24.5 Å². The molecule has 0 atom stereocenters. The van der Waals surface area contributed by atoms with E-state index in [0.717, 1.165) is 23.8 Å². The SMILES string of the molecule is CN=C(NCc1coc(-c2ccc(C)cc2)n1)NCC(C)C.I. The molecule has 126 valence electrons. The van der Waals surface area contributed by atoms with Crippen molar-refractivity contribution in [1.82, 2.24) is 15.6 Å². The molecule has 0 spiro atoms. The summed E-state index contributed by atoms with van der Waals surface area (Å²) in [6.07, 6.45) is 1.68. The first kappa shape index (κ1) is 19.5.